The van der Waals surface area contributed by atoms with Gasteiger partial charge in [-0.25, -0.2) is 0 Å². The molecule has 1 saturated heterocycles. The van der Waals surface area contributed by atoms with E-state index in [1.807, 2.05) is 39.8 Å². The van der Waals surface area contributed by atoms with Crippen LogP contribution in [0.3, 0.4) is 0 Å². The van der Waals surface area contributed by atoms with Crippen LogP contribution in [0.2, 0.25) is 0 Å². The quantitative estimate of drug-likeness (QED) is 0.759. The van der Waals surface area contributed by atoms with Crippen molar-refractivity contribution in [1.29, 1.82) is 0 Å². The number of ether oxygens (including phenoxy) is 1. The second-order valence-electron chi connectivity index (χ2n) is 8.89. The molecule has 0 radical (unpaired) electrons. The number of aromatic nitrogens is 1. The number of hydrogen-bond acceptors (Lipinski definition) is 3. The minimum Gasteiger partial charge on any atom is -0.373 e. The lowest BCUT2D eigenvalue weighted by atomic mass is 10.0. The molecule has 1 aromatic carbocycles. The fraction of sp³-hybridized carbons (Fsp3) is 0.520. The van der Waals surface area contributed by atoms with Crippen LogP contribution < -0.4 is 5.32 Å². The second-order valence-corrected chi connectivity index (χ2v) is 8.89. The van der Waals surface area contributed by atoms with Crippen LogP contribution in [0.15, 0.2) is 36.4 Å². The van der Waals surface area contributed by atoms with Crippen LogP contribution in [0.5, 0.6) is 0 Å². The molecule has 3 heterocycles. The van der Waals surface area contributed by atoms with Gasteiger partial charge in [0.25, 0.3) is 11.8 Å². The molecule has 166 valence electrons. The Morgan fingerprint density at radius 3 is 2.68 bits per heavy atom. The summed E-state index contributed by atoms with van der Waals surface area (Å²) in [6.45, 7) is 8.67. The van der Waals surface area contributed by atoms with Gasteiger partial charge in [0, 0.05) is 19.1 Å². The van der Waals surface area contributed by atoms with E-state index in [2.05, 4.69) is 26.1 Å². The van der Waals surface area contributed by atoms with Gasteiger partial charge in [-0.15, -0.1) is 0 Å². The number of nitrogens with zero attached hydrogens (tertiary/aromatic N) is 2. The van der Waals surface area contributed by atoms with Crippen LogP contribution in [-0.4, -0.2) is 40.5 Å². The molecule has 0 aliphatic carbocycles. The molecule has 6 heteroatoms. The molecule has 2 aliphatic heterocycles. The van der Waals surface area contributed by atoms with E-state index in [4.69, 9.17) is 4.74 Å². The first-order chi connectivity index (χ1) is 15.0. The summed E-state index contributed by atoms with van der Waals surface area (Å²) in [6.07, 6.45) is 2.87. The highest BCUT2D eigenvalue weighted by Gasteiger charge is 2.35. The number of rotatable bonds is 6. The Morgan fingerprint density at radius 2 is 1.97 bits per heavy atom. The van der Waals surface area contributed by atoms with Crippen molar-refractivity contribution in [3.05, 3.63) is 58.9 Å². The fourth-order valence-corrected chi connectivity index (χ4v) is 4.93. The van der Waals surface area contributed by atoms with Crippen molar-refractivity contribution < 1.29 is 14.3 Å². The van der Waals surface area contributed by atoms with E-state index in [9.17, 15) is 9.59 Å². The summed E-state index contributed by atoms with van der Waals surface area (Å²) in [6, 6.07) is 12.0. The molecule has 1 N–H and O–H groups in total. The summed E-state index contributed by atoms with van der Waals surface area (Å²) in [5.74, 6) is 0.305. The van der Waals surface area contributed by atoms with Crippen molar-refractivity contribution in [2.75, 3.05) is 13.2 Å². The van der Waals surface area contributed by atoms with Gasteiger partial charge >= 0.3 is 0 Å². The van der Waals surface area contributed by atoms with Crippen molar-refractivity contribution in [3.63, 3.8) is 0 Å². The third kappa shape index (κ3) is 4.26. The van der Waals surface area contributed by atoms with Crippen molar-refractivity contribution in [3.8, 4) is 0 Å². The maximum Gasteiger partial charge on any atom is 0.268 e. The molecule has 0 bridgehead atoms. The maximum absolute atomic E-state index is 13.5. The van der Waals surface area contributed by atoms with Gasteiger partial charge in [0.2, 0.25) is 0 Å². The van der Waals surface area contributed by atoms with Gasteiger partial charge in [-0.3, -0.25) is 9.59 Å². The Labute approximate surface area is 184 Å². The zero-order chi connectivity index (χ0) is 22.0. The standard InChI is InChI=1S/C25H33N3O3/c1-4-20(18-9-6-5-7-10-18)26-24(29)22-15-19(23-16-31-14-13-27(22)23)25(30)28-12-8-11-21(28)17(2)3/h5-7,9-10,15,17,20-21H,4,8,11-14,16H2,1-3H3,(H,26,29)/t20-,21+/m1/s1. The molecule has 0 spiro atoms. The predicted molar refractivity (Wildman–Crippen MR) is 120 cm³/mol. The molecule has 0 unspecified atom stereocenters. The summed E-state index contributed by atoms with van der Waals surface area (Å²) in [4.78, 5) is 28.8. The van der Waals surface area contributed by atoms with Gasteiger partial charge in [0.1, 0.15) is 5.69 Å². The SMILES string of the molecule is CC[C@@H](NC(=O)c1cc(C(=O)N2CCC[C@H]2C(C)C)c2n1CCOC2)c1ccccc1. The lowest BCUT2D eigenvalue weighted by molar-refractivity contribution is 0.0662. The molecule has 31 heavy (non-hydrogen) atoms. The van der Waals surface area contributed by atoms with E-state index in [0.29, 0.717) is 36.9 Å². The van der Waals surface area contributed by atoms with Gasteiger partial charge in [0.05, 0.1) is 30.5 Å². The van der Waals surface area contributed by atoms with Crippen molar-refractivity contribution in [2.45, 2.75) is 65.3 Å². The van der Waals surface area contributed by atoms with E-state index in [-0.39, 0.29) is 23.9 Å². The number of nitrogens with one attached hydrogen (secondary N) is 1. The number of carbonyl (C=O) groups is 2. The summed E-state index contributed by atoms with van der Waals surface area (Å²) < 4.78 is 7.64. The van der Waals surface area contributed by atoms with E-state index in [1.165, 1.54) is 0 Å². The third-order valence-corrected chi connectivity index (χ3v) is 6.61. The monoisotopic (exact) mass is 423 g/mol. The molecule has 0 saturated carbocycles. The van der Waals surface area contributed by atoms with Crippen LogP contribution in [0.25, 0.3) is 0 Å². The lowest BCUT2D eigenvalue weighted by Crippen LogP contribution is -2.39. The summed E-state index contributed by atoms with van der Waals surface area (Å²) in [5, 5.41) is 3.17. The smallest absolute Gasteiger partial charge is 0.268 e. The number of benzene rings is 1. The molecule has 6 nitrogen and oxygen atoms in total. The number of fused-ring (bicyclic) bond motifs is 1. The molecule has 2 aliphatic rings. The largest absolute Gasteiger partial charge is 0.373 e. The van der Waals surface area contributed by atoms with Crippen LogP contribution in [0, 0.1) is 5.92 Å². The zero-order valence-electron chi connectivity index (χ0n) is 18.8. The first kappa shape index (κ1) is 21.6. The summed E-state index contributed by atoms with van der Waals surface area (Å²) >= 11 is 0. The molecular formula is C25H33N3O3. The third-order valence-electron chi connectivity index (χ3n) is 6.61. The number of likely N-dealkylation sites (tertiary alicyclic amines) is 1. The van der Waals surface area contributed by atoms with Crippen molar-refractivity contribution in [1.82, 2.24) is 14.8 Å². The summed E-state index contributed by atoms with van der Waals surface area (Å²) in [7, 11) is 0. The van der Waals surface area contributed by atoms with Crippen LogP contribution in [-0.2, 0) is 17.9 Å². The van der Waals surface area contributed by atoms with Gasteiger partial charge in [-0.2, -0.15) is 0 Å². The van der Waals surface area contributed by atoms with Crippen LogP contribution >= 0.6 is 0 Å². The van der Waals surface area contributed by atoms with Crippen molar-refractivity contribution in [2.24, 2.45) is 5.92 Å². The van der Waals surface area contributed by atoms with Gasteiger partial charge in [0.15, 0.2) is 0 Å². The zero-order valence-corrected chi connectivity index (χ0v) is 18.8. The normalized spacial score (nSPS) is 19.4. The van der Waals surface area contributed by atoms with Gasteiger partial charge < -0.3 is 19.5 Å². The van der Waals surface area contributed by atoms with Gasteiger partial charge in [-0.1, -0.05) is 51.1 Å². The molecule has 2 amide bonds. The Hall–Kier alpha value is -2.60. The Balaban J connectivity index is 1.62. The molecule has 2 atom stereocenters. The van der Waals surface area contributed by atoms with Crippen LogP contribution in [0.4, 0.5) is 0 Å². The molecule has 1 aromatic heterocycles. The first-order valence-electron chi connectivity index (χ1n) is 11.5. The summed E-state index contributed by atoms with van der Waals surface area (Å²) in [5.41, 5.74) is 3.07. The van der Waals surface area contributed by atoms with Crippen molar-refractivity contribution >= 4 is 11.8 Å². The van der Waals surface area contributed by atoms with E-state index >= 15 is 0 Å². The van der Waals surface area contributed by atoms with Crippen LogP contribution in [0.1, 0.15) is 78.2 Å². The Kier molecular flexibility index (Phi) is 6.46. The highest BCUT2D eigenvalue weighted by atomic mass is 16.5. The Bertz CT molecular complexity index is 935. The Morgan fingerprint density at radius 1 is 1.19 bits per heavy atom. The molecule has 4 rings (SSSR count). The number of amides is 2. The highest BCUT2D eigenvalue weighted by molar-refractivity contribution is 6.01. The van der Waals surface area contributed by atoms with E-state index < -0.39 is 0 Å². The fourth-order valence-electron chi connectivity index (χ4n) is 4.93. The number of hydrogen-bond donors (Lipinski definition) is 1. The average molecular weight is 424 g/mol. The average Bonchev–Trinajstić information content (AvgIpc) is 3.43. The van der Waals surface area contributed by atoms with E-state index in [0.717, 1.165) is 37.1 Å². The highest BCUT2D eigenvalue weighted by Crippen LogP contribution is 2.29. The topological polar surface area (TPSA) is 63.6 Å². The second kappa shape index (κ2) is 9.27. The first-order valence-corrected chi connectivity index (χ1v) is 11.5. The minimum absolute atomic E-state index is 0.0274. The number of carbonyl (C=O) groups excluding carboxylic acids is 2. The molecule has 1 fully saturated rings. The lowest BCUT2D eigenvalue weighted by Gasteiger charge is -2.28. The minimum atomic E-state index is -0.139. The molecule has 2 aromatic rings. The molecular weight excluding hydrogens is 390 g/mol. The van der Waals surface area contributed by atoms with Gasteiger partial charge in [-0.05, 0) is 36.8 Å². The predicted octanol–water partition coefficient (Wildman–Crippen LogP) is 4.16. The maximum atomic E-state index is 13.5. The van der Waals surface area contributed by atoms with E-state index in [1.54, 1.807) is 6.07 Å².